The largest absolute Gasteiger partial charge is 0.447 e. The molecule has 0 aromatic rings. The predicted molar refractivity (Wildman–Crippen MR) is 58.5 cm³/mol. The Balaban J connectivity index is 2.25. The van der Waals surface area contributed by atoms with Crippen LogP contribution >= 0.6 is 0 Å². The summed E-state index contributed by atoms with van der Waals surface area (Å²) in [5, 5.41) is 4.42. The van der Waals surface area contributed by atoms with Gasteiger partial charge in [0.1, 0.15) is 6.61 Å². The number of ether oxygens (including phenoxy) is 1. The average Bonchev–Trinajstić information content (AvgIpc) is 2.16. The molecule has 1 aliphatic heterocycles. The van der Waals surface area contributed by atoms with Gasteiger partial charge in [0.05, 0.1) is 6.54 Å². The van der Waals surface area contributed by atoms with Gasteiger partial charge in [0, 0.05) is 18.7 Å². The van der Waals surface area contributed by atoms with Crippen molar-refractivity contribution in [2.45, 2.75) is 19.9 Å². The van der Waals surface area contributed by atoms with Crippen LogP contribution in [-0.4, -0.2) is 42.7 Å². The third kappa shape index (κ3) is 4.79. The first-order valence-corrected chi connectivity index (χ1v) is 5.23. The highest BCUT2D eigenvalue weighted by atomic mass is 16.6. The van der Waals surface area contributed by atoms with Gasteiger partial charge in [-0.15, -0.1) is 0 Å². The van der Waals surface area contributed by atoms with E-state index in [1.54, 1.807) is 11.1 Å². The zero-order valence-corrected chi connectivity index (χ0v) is 9.53. The molecule has 90 valence electrons. The number of hydrogen-bond donors (Lipinski definition) is 2. The van der Waals surface area contributed by atoms with Crippen LogP contribution in [0.15, 0.2) is 12.2 Å². The number of nitrogens with one attached hydrogen (secondary N) is 2. The first-order valence-electron chi connectivity index (χ1n) is 5.23. The smallest absolute Gasteiger partial charge is 0.421 e. The van der Waals surface area contributed by atoms with Crippen molar-refractivity contribution in [1.82, 2.24) is 15.8 Å². The SMILES string of the molecule is CC(C)NC(=O)/C=C/CN1CCOC(=O)N1. The van der Waals surface area contributed by atoms with Crippen molar-refractivity contribution < 1.29 is 14.3 Å². The van der Waals surface area contributed by atoms with E-state index in [1.165, 1.54) is 6.08 Å². The van der Waals surface area contributed by atoms with Crippen LogP contribution in [0.25, 0.3) is 0 Å². The molecule has 1 rings (SSSR count). The summed E-state index contributed by atoms with van der Waals surface area (Å²) in [7, 11) is 0. The monoisotopic (exact) mass is 227 g/mol. The maximum atomic E-state index is 11.2. The maximum absolute atomic E-state index is 11.2. The minimum Gasteiger partial charge on any atom is -0.447 e. The highest BCUT2D eigenvalue weighted by molar-refractivity contribution is 5.87. The third-order valence-corrected chi connectivity index (χ3v) is 1.87. The van der Waals surface area contributed by atoms with Crippen molar-refractivity contribution in [3.63, 3.8) is 0 Å². The maximum Gasteiger partial charge on any atom is 0.421 e. The van der Waals surface area contributed by atoms with Gasteiger partial charge in [0.15, 0.2) is 0 Å². The van der Waals surface area contributed by atoms with E-state index in [0.717, 1.165) is 0 Å². The van der Waals surface area contributed by atoms with Gasteiger partial charge in [-0.25, -0.2) is 9.80 Å². The molecule has 1 heterocycles. The normalized spacial score (nSPS) is 17.3. The number of rotatable bonds is 4. The molecule has 0 aromatic carbocycles. The fourth-order valence-electron chi connectivity index (χ4n) is 1.22. The molecule has 0 spiro atoms. The fraction of sp³-hybridized carbons (Fsp3) is 0.600. The molecule has 0 unspecified atom stereocenters. The van der Waals surface area contributed by atoms with Gasteiger partial charge < -0.3 is 10.1 Å². The first-order chi connectivity index (χ1) is 7.58. The Morgan fingerprint density at radius 2 is 2.44 bits per heavy atom. The van der Waals surface area contributed by atoms with Crippen LogP contribution < -0.4 is 10.7 Å². The summed E-state index contributed by atoms with van der Waals surface area (Å²) >= 11 is 0. The Kier molecular flexibility index (Phi) is 4.78. The molecule has 0 aromatic heterocycles. The lowest BCUT2D eigenvalue weighted by Gasteiger charge is -2.25. The number of cyclic esters (lactones) is 1. The second-order valence-electron chi connectivity index (χ2n) is 3.76. The van der Waals surface area contributed by atoms with E-state index >= 15 is 0 Å². The summed E-state index contributed by atoms with van der Waals surface area (Å²) in [6.07, 6.45) is 2.71. The molecule has 0 bridgehead atoms. The summed E-state index contributed by atoms with van der Waals surface area (Å²) in [6.45, 7) is 5.27. The molecule has 1 aliphatic rings. The Morgan fingerprint density at radius 1 is 1.69 bits per heavy atom. The van der Waals surface area contributed by atoms with Gasteiger partial charge in [-0.2, -0.15) is 0 Å². The van der Waals surface area contributed by atoms with Gasteiger partial charge in [0.2, 0.25) is 5.91 Å². The average molecular weight is 227 g/mol. The fourth-order valence-corrected chi connectivity index (χ4v) is 1.22. The number of hydrazine groups is 1. The number of carbonyl (C=O) groups excluding carboxylic acids is 2. The van der Waals surface area contributed by atoms with Gasteiger partial charge >= 0.3 is 6.09 Å². The Bertz CT molecular complexity index is 289. The molecule has 0 atom stereocenters. The number of nitrogens with zero attached hydrogens (tertiary/aromatic N) is 1. The van der Waals surface area contributed by atoms with Crippen molar-refractivity contribution in [3.05, 3.63) is 12.2 Å². The van der Waals surface area contributed by atoms with Crippen molar-refractivity contribution in [3.8, 4) is 0 Å². The number of hydrogen-bond acceptors (Lipinski definition) is 4. The van der Waals surface area contributed by atoms with E-state index in [2.05, 4.69) is 10.7 Å². The summed E-state index contributed by atoms with van der Waals surface area (Å²) in [6, 6.07) is 0.125. The standard InChI is InChI=1S/C10H17N3O3/c1-8(2)11-9(14)4-3-5-13-6-7-16-10(15)12-13/h3-4,8H,5-7H2,1-2H3,(H,11,14)(H,12,15)/b4-3+. The van der Waals surface area contributed by atoms with Crippen LogP contribution in [-0.2, 0) is 9.53 Å². The molecular weight excluding hydrogens is 210 g/mol. The van der Waals surface area contributed by atoms with Gasteiger partial charge in [-0.05, 0) is 13.8 Å². The third-order valence-electron chi connectivity index (χ3n) is 1.87. The van der Waals surface area contributed by atoms with Crippen LogP contribution in [0.1, 0.15) is 13.8 Å². The summed E-state index contributed by atoms with van der Waals surface area (Å²) in [4.78, 5) is 22.1. The van der Waals surface area contributed by atoms with E-state index in [4.69, 9.17) is 4.74 Å². The second kappa shape index (κ2) is 6.12. The Labute approximate surface area is 94.6 Å². The van der Waals surface area contributed by atoms with E-state index in [9.17, 15) is 9.59 Å². The lowest BCUT2D eigenvalue weighted by molar-refractivity contribution is -0.116. The Morgan fingerprint density at radius 3 is 3.06 bits per heavy atom. The highest BCUT2D eigenvalue weighted by Gasteiger charge is 2.14. The van der Waals surface area contributed by atoms with Crippen LogP contribution in [0.2, 0.25) is 0 Å². The van der Waals surface area contributed by atoms with Crippen molar-refractivity contribution >= 4 is 12.0 Å². The predicted octanol–water partition coefficient (Wildman–Crippen LogP) is 0.0240. The van der Waals surface area contributed by atoms with Crippen molar-refractivity contribution in [1.29, 1.82) is 0 Å². The second-order valence-corrected chi connectivity index (χ2v) is 3.76. The van der Waals surface area contributed by atoms with Crippen LogP contribution in [0.5, 0.6) is 0 Å². The van der Waals surface area contributed by atoms with Crippen molar-refractivity contribution in [2.75, 3.05) is 19.7 Å². The number of amides is 2. The molecule has 2 amide bonds. The summed E-state index contributed by atoms with van der Waals surface area (Å²) < 4.78 is 4.69. The lowest BCUT2D eigenvalue weighted by atomic mass is 10.3. The highest BCUT2D eigenvalue weighted by Crippen LogP contribution is 1.93. The summed E-state index contributed by atoms with van der Waals surface area (Å²) in [5.74, 6) is -0.130. The van der Waals surface area contributed by atoms with E-state index < -0.39 is 6.09 Å². The molecule has 6 nitrogen and oxygen atoms in total. The number of carbonyl (C=O) groups is 2. The minimum atomic E-state index is -0.453. The van der Waals surface area contributed by atoms with E-state index in [-0.39, 0.29) is 11.9 Å². The molecule has 16 heavy (non-hydrogen) atoms. The molecular formula is C10H17N3O3. The molecule has 2 N–H and O–H groups in total. The van der Waals surface area contributed by atoms with Crippen LogP contribution in [0.4, 0.5) is 4.79 Å². The zero-order valence-electron chi connectivity index (χ0n) is 9.53. The molecule has 1 saturated heterocycles. The van der Waals surface area contributed by atoms with Crippen LogP contribution in [0, 0.1) is 0 Å². The molecule has 1 fully saturated rings. The van der Waals surface area contributed by atoms with E-state index in [1.807, 2.05) is 13.8 Å². The van der Waals surface area contributed by atoms with Crippen LogP contribution in [0.3, 0.4) is 0 Å². The van der Waals surface area contributed by atoms with E-state index in [0.29, 0.717) is 19.7 Å². The van der Waals surface area contributed by atoms with Gasteiger partial charge in [0.25, 0.3) is 0 Å². The molecule has 0 radical (unpaired) electrons. The topological polar surface area (TPSA) is 70.7 Å². The van der Waals surface area contributed by atoms with Gasteiger partial charge in [-0.3, -0.25) is 10.2 Å². The Hall–Kier alpha value is -1.56. The first kappa shape index (κ1) is 12.5. The quantitative estimate of drug-likeness (QED) is 0.664. The molecule has 6 heteroatoms. The van der Waals surface area contributed by atoms with Crippen molar-refractivity contribution in [2.24, 2.45) is 0 Å². The minimum absolute atomic E-state index is 0.125. The molecule has 0 aliphatic carbocycles. The zero-order chi connectivity index (χ0) is 12.0. The molecule has 0 saturated carbocycles. The summed E-state index contributed by atoms with van der Waals surface area (Å²) in [5.41, 5.74) is 2.52. The van der Waals surface area contributed by atoms with Gasteiger partial charge in [-0.1, -0.05) is 6.08 Å². The lowest BCUT2D eigenvalue weighted by Crippen LogP contribution is -2.49.